The van der Waals surface area contributed by atoms with Crippen molar-refractivity contribution in [1.29, 1.82) is 0 Å². The minimum absolute atomic E-state index is 0.0384. The number of esters is 1. The summed E-state index contributed by atoms with van der Waals surface area (Å²) in [5, 5.41) is 20.0. The first-order valence-electron chi connectivity index (χ1n) is 9.68. The van der Waals surface area contributed by atoms with Crippen LogP contribution in [0, 0.1) is 0 Å². The van der Waals surface area contributed by atoms with E-state index in [1.165, 1.54) is 30.3 Å². The van der Waals surface area contributed by atoms with Gasteiger partial charge in [-0.3, -0.25) is 0 Å². The average Bonchev–Trinajstić information content (AvgIpc) is 3.02. The molecular weight excluding hydrogens is 434 g/mol. The molecule has 164 valence electrons. The number of fused-ring (bicyclic) bond motifs is 4. The van der Waals surface area contributed by atoms with Crippen molar-refractivity contribution in [2.24, 2.45) is 0 Å². The van der Waals surface area contributed by atoms with Crippen LogP contribution in [0.4, 0.5) is 0 Å². The predicted octanol–water partition coefficient (Wildman–Crippen LogP) is 3.72. The van der Waals surface area contributed by atoms with Gasteiger partial charge >= 0.3 is 11.9 Å². The summed E-state index contributed by atoms with van der Waals surface area (Å²) in [5.74, 6) is -0.970. The third-order valence-corrected chi connectivity index (χ3v) is 5.19. The molecule has 0 atom stereocenters. The van der Waals surface area contributed by atoms with Crippen LogP contribution >= 0.6 is 12.8 Å². The summed E-state index contributed by atoms with van der Waals surface area (Å²) in [5.41, 5.74) is 0.166. The normalized spacial score (nSPS) is 16.2. The van der Waals surface area contributed by atoms with E-state index in [0.717, 1.165) is 6.08 Å². The lowest BCUT2D eigenvalue weighted by Gasteiger charge is -2.37. The molecule has 0 amide bonds. The standard InChI is InChI=1S/C23H19NO7S/c1-2-3-4-16-15(7-10-21(27)31-24-32)22(28)30-23(16)17-8-5-13(25)11-19(17)29-20-12-14(26)6-9-18(20)23/h3-12,24-26,32H,2H2,1H3/b4-3-,10-7+. The number of hydrogen-bond acceptors (Lipinski definition) is 9. The van der Waals surface area contributed by atoms with Crippen molar-refractivity contribution in [2.45, 2.75) is 18.9 Å². The van der Waals surface area contributed by atoms with Gasteiger partial charge in [0.15, 0.2) is 5.60 Å². The minimum atomic E-state index is -1.42. The number of thiol groups is 1. The van der Waals surface area contributed by atoms with E-state index in [1.54, 1.807) is 18.2 Å². The number of carbonyl (C=O) groups excluding carboxylic acids is 2. The SMILES string of the molecule is CC/C=C\C1=C(/C=C/C(=O)ONS)C(=O)OC12c1ccc(O)cc1Oc1cc(O)ccc12. The maximum absolute atomic E-state index is 13.1. The van der Waals surface area contributed by atoms with Crippen LogP contribution < -0.4 is 9.62 Å². The third-order valence-electron chi connectivity index (χ3n) is 5.10. The number of nitrogens with one attached hydrogen (secondary N) is 1. The highest BCUT2D eigenvalue weighted by molar-refractivity contribution is 7.77. The fraction of sp³-hybridized carbons (Fsp3) is 0.130. The van der Waals surface area contributed by atoms with E-state index in [0.29, 0.717) is 23.1 Å². The summed E-state index contributed by atoms with van der Waals surface area (Å²) in [7, 11) is 0. The van der Waals surface area contributed by atoms with Crippen LogP contribution in [0.2, 0.25) is 0 Å². The van der Waals surface area contributed by atoms with E-state index in [-0.39, 0.29) is 28.6 Å². The van der Waals surface area contributed by atoms with Crippen molar-refractivity contribution < 1.29 is 34.1 Å². The van der Waals surface area contributed by atoms with Crippen molar-refractivity contribution in [3.63, 3.8) is 0 Å². The molecule has 0 aromatic heterocycles. The Labute approximate surface area is 188 Å². The molecule has 2 aliphatic heterocycles. The van der Waals surface area contributed by atoms with Crippen LogP contribution in [0.15, 0.2) is 71.8 Å². The highest BCUT2D eigenvalue weighted by Gasteiger charge is 2.53. The van der Waals surface area contributed by atoms with Gasteiger partial charge in [-0.05, 0) is 36.8 Å². The molecule has 0 aliphatic carbocycles. The number of phenolic OH excluding ortho intramolecular Hbond substituents is 2. The zero-order chi connectivity index (χ0) is 22.9. The first-order valence-corrected chi connectivity index (χ1v) is 10.1. The van der Waals surface area contributed by atoms with Crippen LogP contribution in [0.25, 0.3) is 0 Å². The quantitative estimate of drug-likeness (QED) is 0.234. The average molecular weight is 453 g/mol. The highest BCUT2D eigenvalue weighted by atomic mass is 32.1. The molecule has 2 heterocycles. The van der Waals surface area contributed by atoms with Crippen LogP contribution in [-0.4, -0.2) is 22.2 Å². The number of ether oxygens (including phenoxy) is 2. The molecule has 8 nitrogen and oxygen atoms in total. The Hall–Kier alpha value is -3.69. The summed E-state index contributed by atoms with van der Waals surface area (Å²) < 4.78 is 11.9. The Bertz CT molecular complexity index is 1150. The Morgan fingerprint density at radius 3 is 2.31 bits per heavy atom. The number of hydrogen-bond donors (Lipinski definition) is 4. The lowest BCUT2D eigenvalue weighted by atomic mass is 9.76. The largest absolute Gasteiger partial charge is 0.508 e. The van der Waals surface area contributed by atoms with Crippen molar-refractivity contribution in [3.05, 3.63) is 83.0 Å². The minimum Gasteiger partial charge on any atom is -0.508 e. The van der Waals surface area contributed by atoms with Gasteiger partial charge in [0.05, 0.1) is 5.57 Å². The zero-order valence-corrected chi connectivity index (χ0v) is 17.8. The summed E-state index contributed by atoms with van der Waals surface area (Å²) in [6.45, 7) is 1.94. The second-order valence-electron chi connectivity index (χ2n) is 7.02. The van der Waals surface area contributed by atoms with Gasteiger partial charge in [0.1, 0.15) is 23.0 Å². The highest BCUT2D eigenvalue weighted by Crippen LogP contribution is 2.57. The van der Waals surface area contributed by atoms with Gasteiger partial charge in [-0.1, -0.05) is 36.8 Å². The van der Waals surface area contributed by atoms with E-state index in [9.17, 15) is 19.8 Å². The summed E-state index contributed by atoms with van der Waals surface area (Å²) in [4.78, 5) is 31.4. The first kappa shape index (κ1) is 21.5. The van der Waals surface area contributed by atoms with Gasteiger partial charge in [-0.2, -0.15) is 0 Å². The smallest absolute Gasteiger partial charge is 0.350 e. The Balaban J connectivity index is 2.01. The summed E-state index contributed by atoms with van der Waals surface area (Å²) in [6.07, 6.45) is 6.68. The molecule has 4 rings (SSSR count). The molecule has 2 aliphatic rings. The summed E-state index contributed by atoms with van der Waals surface area (Å²) >= 11 is 3.60. The topological polar surface area (TPSA) is 114 Å². The fourth-order valence-electron chi connectivity index (χ4n) is 3.82. The van der Waals surface area contributed by atoms with Crippen LogP contribution in [0.1, 0.15) is 24.5 Å². The van der Waals surface area contributed by atoms with Crippen LogP contribution in [0.5, 0.6) is 23.0 Å². The molecule has 2 aromatic carbocycles. The second kappa shape index (κ2) is 8.45. The monoisotopic (exact) mass is 453 g/mol. The molecule has 0 radical (unpaired) electrons. The first-order chi connectivity index (χ1) is 15.4. The van der Waals surface area contributed by atoms with Crippen LogP contribution in [-0.2, 0) is 24.8 Å². The number of carbonyl (C=O) groups is 2. The van der Waals surface area contributed by atoms with Crippen LogP contribution in [0.3, 0.4) is 0 Å². The number of phenols is 2. The molecule has 0 unspecified atom stereocenters. The van der Waals surface area contributed by atoms with Gasteiger partial charge in [0.25, 0.3) is 0 Å². The van der Waals surface area contributed by atoms with Gasteiger partial charge in [-0.25, -0.2) is 9.59 Å². The summed E-state index contributed by atoms with van der Waals surface area (Å²) in [6, 6.07) is 8.96. The Kier molecular flexibility index (Phi) is 5.68. The lowest BCUT2D eigenvalue weighted by Crippen LogP contribution is -2.33. The lowest BCUT2D eigenvalue weighted by molar-refractivity contribution is -0.144. The van der Waals surface area contributed by atoms with E-state index < -0.39 is 17.5 Å². The van der Waals surface area contributed by atoms with E-state index in [4.69, 9.17) is 9.47 Å². The molecule has 3 N–H and O–H groups in total. The van der Waals surface area contributed by atoms with Crippen molar-refractivity contribution in [3.8, 4) is 23.0 Å². The molecule has 2 aromatic rings. The third kappa shape index (κ3) is 3.51. The van der Waals surface area contributed by atoms with E-state index in [2.05, 4.69) is 17.7 Å². The van der Waals surface area contributed by atoms with Gasteiger partial charge in [0.2, 0.25) is 0 Å². The number of aromatic hydroxyl groups is 2. The number of benzene rings is 2. The maximum Gasteiger partial charge on any atom is 0.350 e. The number of rotatable bonds is 5. The van der Waals surface area contributed by atoms with Gasteiger partial charge < -0.3 is 24.5 Å². The molecule has 32 heavy (non-hydrogen) atoms. The zero-order valence-electron chi connectivity index (χ0n) is 16.9. The second-order valence-corrected chi connectivity index (χ2v) is 7.20. The Morgan fingerprint density at radius 2 is 1.75 bits per heavy atom. The van der Waals surface area contributed by atoms with Crippen molar-refractivity contribution in [2.75, 3.05) is 0 Å². The van der Waals surface area contributed by atoms with E-state index in [1.807, 2.05) is 17.9 Å². The Morgan fingerprint density at radius 1 is 1.12 bits per heavy atom. The van der Waals surface area contributed by atoms with E-state index >= 15 is 0 Å². The van der Waals surface area contributed by atoms with Crippen molar-refractivity contribution in [1.82, 2.24) is 4.89 Å². The molecular formula is C23H19NO7S. The number of allylic oxidation sites excluding steroid dienone is 1. The molecule has 1 spiro atoms. The molecule has 0 bridgehead atoms. The van der Waals surface area contributed by atoms with Crippen molar-refractivity contribution >= 4 is 24.8 Å². The maximum atomic E-state index is 13.1. The predicted molar refractivity (Wildman–Crippen MR) is 117 cm³/mol. The fourth-order valence-corrected chi connectivity index (χ4v) is 3.91. The molecule has 0 saturated carbocycles. The van der Waals surface area contributed by atoms with Gasteiger partial charge in [0, 0.05) is 34.9 Å². The van der Waals surface area contributed by atoms with Gasteiger partial charge in [-0.15, -0.1) is 0 Å². The molecule has 0 fully saturated rings. The molecule has 9 heteroatoms. The molecule has 0 saturated heterocycles.